The molecule has 0 fully saturated rings. The zero-order chi connectivity index (χ0) is 13.8. The third-order valence-corrected chi connectivity index (χ3v) is 3.04. The molecule has 100 valence electrons. The number of amides is 1. The monoisotopic (exact) mass is 252 g/mol. The smallest absolute Gasteiger partial charge is 0.255 e. The van der Waals surface area contributed by atoms with E-state index in [4.69, 9.17) is 10.5 Å². The molecule has 0 saturated carbocycles. The van der Waals surface area contributed by atoms with Crippen molar-refractivity contribution in [2.75, 3.05) is 19.5 Å². The van der Waals surface area contributed by atoms with Crippen LogP contribution in [0.15, 0.2) is 18.2 Å². The number of para-hydroxylation sites is 1. The molecule has 0 aromatic heterocycles. The van der Waals surface area contributed by atoms with E-state index in [9.17, 15) is 9.90 Å². The molecule has 4 N–H and O–H groups in total. The summed E-state index contributed by atoms with van der Waals surface area (Å²) in [5.74, 6) is 0.0453. The molecule has 18 heavy (non-hydrogen) atoms. The second-order valence-corrected chi connectivity index (χ2v) is 4.45. The highest BCUT2D eigenvalue weighted by molar-refractivity contribution is 5.99. The summed E-state index contributed by atoms with van der Waals surface area (Å²) < 4.78 is 5.13. The maximum absolute atomic E-state index is 12.2. The fourth-order valence-electron chi connectivity index (χ4n) is 1.54. The maximum Gasteiger partial charge on any atom is 0.255 e. The number of nitrogen functional groups attached to an aromatic ring is 1. The first kappa shape index (κ1) is 14.3. The zero-order valence-corrected chi connectivity index (χ0v) is 11.0. The van der Waals surface area contributed by atoms with Gasteiger partial charge in [0.05, 0.1) is 30.5 Å². The quantitative estimate of drug-likeness (QED) is 0.687. The van der Waals surface area contributed by atoms with Crippen LogP contribution in [0.4, 0.5) is 5.69 Å². The normalized spacial score (nSPS) is 13.8. The summed E-state index contributed by atoms with van der Waals surface area (Å²) in [5.41, 5.74) is 5.87. The Kier molecular flexibility index (Phi) is 4.55. The maximum atomic E-state index is 12.2. The van der Waals surface area contributed by atoms with Crippen LogP contribution >= 0.6 is 0 Å². The largest absolute Gasteiger partial charge is 0.494 e. The molecule has 1 aromatic carbocycles. The van der Waals surface area contributed by atoms with Crippen LogP contribution in [0, 0.1) is 0 Å². The summed E-state index contributed by atoms with van der Waals surface area (Å²) in [4.78, 5) is 12.2. The number of methoxy groups -OCH3 is 1. The van der Waals surface area contributed by atoms with Gasteiger partial charge in [-0.2, -0.15) is 0 Å². The number of hydrogen-bond donors (Lipinski definition) is 3. The lowest BCUT2D eigenvalue weighted by atomic mass is 9.99. The van der Waals surface area contributed by atoms with Crippen LogP contribution in [0.5, 0.6) is 5.75 Å². The first-order valence-corrected chi connectivity index (χ1v) is 5.83. The first-order chi connectivity index (χ1) is 8.47. The van der Waals surface area contributed by atoms with Crippen molar-refractivity contribution in [1.29, 1.82) is 0 Å². The Balaban J connectivity index is 3.01. The summed E-state index contributed by atoms with van der Waals surface area (Å²) in [7, 11) is 1.47. The van der Waals surface area contributed by atoms with E-state index in [2.05, 4.69) is 5.32 Å². The molecule has 0 aliphatic rings. The molecule has 0 spiro atoms. The van der Waals surface area contributed by atoms with E-state index in [-0.39, 0.29) is 12.5 Å². The molecule has 0 heterocycles. The number of hydrogen-bond acceptors (Lipinski definition) is 4. The number of rotatable bonds is 5. The van der Waals surface area contributed by atoms with E-state index >= 15 is 0 Å². The summed E-state index contributed by atoms with van der Waals surface area (Å²) in [6.45, 7) is 3.55. The number of benzene rings is 1. The minimum absolute atomic E-state index is 0.125. The molecule has 1 atom stereocenters. The average molecular weight is 252 g/mol. The first-order valence-electron chi connectivity index (χ1n) is 5.83. The van der Waals surface area contributed by atoms with E-state index in [0.717, 1.165) is 0 Å². The van der Waals surface area contributed by atoms with Crippen LogP contribution in [0.2, 0.25) is 0 Å². The lowest BCUT2D eigenvalue weighted by Gasteiger charge is -2.27. The predicted molar refractivity (Wildman–Crippen MR) is 70.7 cm³/mol. The van der Waals surface area contributed by atoms with Crippen LogP contribution in [0.25, 0.3) is 0 Å². The van der Waals surface area contributed by atoms with Gasteiger partial charge in [0.1, 0.15) is 0 Å². The van der Waals surface area contributed by atoms with Crippen LogP contribution in [0.1, 0.15) is 30.6 Å². The Morgan fingerprint density at radius 3 is 2.72 bits per heavy atom. The lowest BCUT2D eigenvalue weighted by molar-refractivity contribution is 0.0844. The lowest BCUT2D eigenvalue weighted by Crippen LogP contribution is -2.48. The predicted octanol–water partition coefficient (Wildman–Crippen LogP) is 1.17. The fourth-order valence-corrected chi connectivity index (χ4v) is 1.54. The molecular weight excluding hydrogens is 232 g/mol. The number of ether oxygens (including phenoxy) is 1. The second kappa shape index (κ2) is 5.73. The van der Waals surface area contributed by atoms with Crippen LogP contribution in [0.3, 0.4) is 0 Å². The molecule has 1 amide bonds. The van der Waals surface area contributed by atoms with Crippen molar-refractivity contribution in [2.24, 2.45) is 0 Å². The third kappa shape index (κ3) is 2.92. The van der Waals surface area contributed by atoms with Crippen molar-refractivity contribution in [2.45, 2.75) is 25.8 Å². The summed E-state index contributed by atoms with van der Waals surface area (Å²) in [5, 5.41) is 12.1. The number of nitrogens with one attached hydrogen (secondary N) is 1. The molecule has 5 nitrogen and oxygen atoms in total. The van der Waals surface area contributed by atoms with Gasteiger partial charge in [0.2, 0.25) is 0 Å². The van der Waals surface area contributed by atoms with E-state index in [1.165, 1.54) is 7.11 Å². The van der Waals surface area contributed by atoms with Gasteiger partial charge in [0.15, 0.2) is 5.75 Å². The van der Waals surface area contributed by atoms with Crippen molar-refractivity contribution in [3.63, 3.8) is 0 Å². The van der Waals surface area contributed by atoms with Gasteiger partial charge in [-0.25, -0.2) is 0 Å². The molecule has 1 rings (SSSR count). The van der Waals surface area contributed by atoms with Gasteiger partial charge in [-0.3, -0.25) is 4.79 Å². The van der Waals surface area contributed by atoms with Gasteiger partial charge in [-0.15, -0.1) is 0 Å². The van der Waals surface area contributed by atoms with Crippen LogP contribution < -0.4 is 15.8 Å². The zero-order valence-electron chi connectivity index (χ0n) is 11.0. The summed E-state index contributed by atoms with van der Waals surface area (Å²) >= 11 is 0. The van der Waals surface area contributed by atoms with E-state index < -0.39 is 5.54 Å². The van der Waals surface area contributed by atoms with E-state index in [0.29, 0.717) is 23.4 Å². The Labute approximate surface area is 107 Å². The SMILES string of the molecule is CCC(C)(CO)NC(=O)c1cccc(N)c1OC. The standard InChI is InChI=1S/C13H20N2O3/c1-4-13(2,8-16)15-12(17)9-6-5-7-10(14)11(9)18-3/h5-7,16H,4,8,14H2,1-3H3,(H,15,17). The third-order valence-electron chi connectivity index (χ3n) is 3.04. The topological polar surface area (TPSA) is 84.6 Å². The minimum Gasteiger partial charge on any atom is -0.494 e. The van der Waals surface area contributed by atoms with Gasteiger partial charge < -0.3 is 20.9 Å². The van der Waals surface area contributed by atoms with E-state index in [1.807, 2.05) is 6.92 Å². The van der Waals surface area contributed by atoms with Crippen molar-refractivity contribution in [3.8, 4) is 5.75 Å². The molecule has 0 aliphatic carbocycles. The van der Waals surface area contributed by atoms with Crippen molar-refractivity contribution < 1.29 is 14.6 Å². The number of anilines is 1. The van der Waals surface area contributed by atoms with Gasteiger partial charge in [0.25, 0.3) is 5.91 Å². The highest BCUT2D eigenvalue weighted by atomic mass is 16.5. The minimum atomic E-state index is -0.646. The Morgan fingerprint density at radius 2 is 2.22 bits per heavy atom. The molecule has 0 radical (unpaired) electrons. The van der Waals surface area contributed by atoms with Crippen LogP contribution in [-0.4, -0.2) is 30.3 Å². The molecular formula is C13H20N2O3. The van der Waals surface area contributed by atoms with Gasteiger partial charge in [-0.1, -0.05) is 13.0 Å². The highest BCUT2D eigenvalue weighted by Crippen LogP contribution is 2.26. The number of nitrogens with two attached hydrogens (primary N) is 1. The molecule has 0 aliphatic heterocycles. The second-order valence-electron chi connectivity index (χ2n) is 4.45. The van der Waals surface area contributed by atoms with Crippen LogP contribution in [-0.2, 0) is 0 Å². The molecule has 0 bridgehead atoms. The van der Waals surface area contributed by atoms with Crippen molar-refractivity contribution in [3.05, 3.63) is 23.8 Å². The number of aliphatic hydroxyl groups excluding tert-OH is 1. The molecule has 1 aromatic rings. The molecule has 1 unspecified atom stereocenters. The molecule has 0 saturated heterocycles. The average Bonchev–Trinajstić information content (AvgIpc) is 2.38. The Hall–Kier alpha value is -1.75. The number of carbonyl (C=O) groups excluding carboxylic acids is 1. The van der Waals surface area contributed by atoms with Gasteiger partial charge in [0, 0.05) is 0 Å². The summed E-state index contributed by atoms with van der Waals surface area (Å²) in [6.07, 6.45) is 0.625. The van der Waals surface area contributed by atoms with Gasteiger partial charge in [-0.05, 0) is 25.5 Å². The number of carbonyl (C=O) groups is 1. The fraction of sp³-hybridized carbons (Fsp3) is 0.462. The number of aliphatic hydroxyl groups is 1. The van der Waals surface area contributed by atoms with Gasteiger partial charge >= 0.3 is 0 Å². The van der Waals surface area contributed by atoms with E-state index in [1.54, 1.807) is 25.1 Å². The highest BCUT2D eigenvalue weighted by Gasteiger charge is 2.25. The molecule has 5 heteroatoms. The Bertz CT molecular complexity index is 428. The summed E-state index contributed by atoms with van der Waals surface area (Å²) in [6, 6.07) is 4.99. The van der Waals surface area contributed by atoms with Crippen molar-refractivity contribution >= 4 is 11.6 Å². The van der Waals surface area contributed by atoms with Crippen molar-refractivity contribution in [1.82, 2.24) is 5.32 Å². The Morgan fingerprint density at radius 1 is 1.56 bits per heavy atom.